The Hall–Kier alpha value is -2.22. The summed E-state index contributed by atoms with van der Waals surface area (Å²) in [5.74, 6) is -1.66. The Bertz CT molecular complexity index is 461. The number of nitrogens with one attached hydrogen (secondary N) is 1. The lowest BCUT2D eigenvalue weighted by molar-refractivity contribution is -0.155. The first-order valence-electron chi connectivity index (χ1n) is 7.14. The number of ketones is 1. The molecule has 1 aliphatic rings. The molecule has 1 fully saturated rings. The zero-order valence-corrected chi connectivity index (χ0v) is 13.7. The van der Waals surface area contributed by atoms with Crippen molar-refractivity contribution in [2.24, 2.45) is 5.41 Å². The Morgan fingerprint density at radius 3 is 2.48 bits per heavy atom. The van der Waals surface area contributed by atoms with Crippen molar-refractivity contribution in [3.05, 3.63) is 12.7 Å². The summed E-state index contributed by atoms with van der Waals surface area (Å²) in [7, 11) is 0. The van der Waals surface area contributed by atoms with Gasteiger partial charge < -0.3 is 20.1 Å². The van der Waals surface area contributed by atoms with Gasteiger partial charge in [0.1, 0.15) is 6.61 Å². The van der Waals surface area contributed by atoms with Gasteiger partial charge in [-0.3, -0.25) is 14.4 Å². The van der Waals surface area contributed by atoms with Crippen LogP contribution in [0, 0.1) is 5.41 Å². The number of hydrogen-bond donors (Lipinski definition) is 2. The van der Waals surface area contributed by atoms with Crippen LogP contribution in [0.15, 0.2) is 12.7 Å². The summed E-state index contributed by atoms with van der Waals surface area (Å²) in [6.07, 6.45) is 1.03. The Labute approximate surface area is 135 Å². The SMILES string of the molecule is C=CC(=O)OCC(C)(C)C(=O)C(=O)N1CCNCC1C.O=CO. The molecule has 1 aliphatic heterocycles. The molecule has 2 N–H and O–H groups in total. The van der Waals surface area contributed by atoms with Crippen molar-refractivity contribution >= 4 is 24.1 Å². The van der Waals surface area contributed by atoms with E-state index < -0.39 is 23.1 Å². The molecule has 0 saturated carbocycles. The number of ether oxygens (including phenoxy) is 1. The first-order chi connectivity index (χ1) is 10.7. The van der Waals surface area contributed by atoms with E-state index in [9.17, 15) is 14.4 Å². The minimum atomic E-state index is -1.04. The van der Waals surface area contributed by atoms with Crippen LogP contribution in [0.5, 0.6) is 0 Å². The molecule has 0 aliphatic carbocycles. The van der Waals surface area contributed by atoms with Crippen LogP contribution < -0.4 is 5.32 Å². The van der Waals surface area contributed by atoms with Gasteiger partial charge in [0.05, 0.1) is 5.41 Å². The third-order valence-electron chi connectivity index (χ3n) is 3.31. The van der Waals surface area contributed by atoms with Crippen molar-refractivity contribution in [1.82, 2.24) is 10.2 Å². The van der Waals surface area contributed by atoms with Crippen LogP contribution in [-0.2, 0) is 23.9 Å². The van der Waals surface area contributed by atoms with Crippen LogP contribution in [0.4, 0.5) is 0 Å². The van der Waals surface area contributed by atoms with Crippen LogP contribution >= 0.6 is 0 Å². The molecule has 1 heterocycles. The molecule has 1 rings (SSSR count). The van der Waals surface area contributed by atoms with E-state index in [1.807, 2.05) is 6.92 Å². The number of amides is 1. The van der Waals surface area contributed by atoms with Gasteiger partial charge in [-0.05, 0) is 20.8 Å². The zero-order chi connectivity index (χ0) is 18.0. The van der Waals surface area contributed by atoms with Crippen molar-refractivity contribution in [3.63, 3.8) is 0 Å². The molecule has 0 aromatic carbocycles. The third kappa shape index (κ3) is 6.60. The van der Waals surface area contributed by atoms with E-state index in [0.29, 0.717) is 19.6 Å². The van der Waals surface area contributed by atoms with Crippen molar-refractivity contribution < 1.29 is 29.0 Å². The first kappa shape index (κ1) is 20.8. The predicted octanol–water partition coefficient (Wildman–Crippen LogP) is -0.168. The largest absolute Gasteiger partial charge is 0.483 e. The van der Waals surface area contributed by atoms with Crippen LogP contribution in [0.2, 0.25) is 0 Å². The lowest BCUT2D eigenvalue weighted by atomic mass is 9.88. The quantitative estimate of drug-likeness (QED) is 0.312. The van der Waals surface area contributed by atoms with Gasteiger partial charge in [0.25, 0.3) is 12.4 Å². The highest BCUT2D eigenvalue weighted by molar-refractivity contribution is 6.38. The van der Waals surface area contributed by atoms with Gasteiger partial charge in [-0.15, -0.1) is 0 Å². The molecule has 1 unspecified atom stereocenters. The number of carbonyl (C=O) groups is 4. The highest BCUT2D eigenvalue weighted by Gasteiger charge is 2.38. The van der Waals surface area contributed by atoms with E-state index in [-0.39, 0.29) is 19.1 Å². The molecule has 1 saturated heterocycles. The average Bonchev–Trinajstić information content (AvgIpc) is 2.52. The molecule has 1 atom stereocenters. The highest BCUT2D eigenvalue weighted by atomic mass is 16.5. The smallest absolute Gasteiger partial charge is 0.330 e. The van der Waals surface area contributed by atoms with Gasteiger partial charge in [0.2, 0.25) is 5.78 Å². The highest BCUT2D eigenvalue weighted by Crippen LogP contribution is 2.20. The maximum Gasteiger partial charge on any atom is 0.330 e. The van der Waals surface area contributed by atoms with E-state index in [4.69, 9.17) is 14.6 Å². The van der Waals surface area contributed by atoms with Crippen LogP contribution in [0.25, 0.3) is 0 Å². The number of nitrogens with zero attached hydrogens (tertiary/aromatic N) is 1. The second-order valence-corrected chi connectivity index (χ2v) is 5.68. The summed E-state index contributed by atoms with van der Waals surface area (Å²) in [6, 6.07) is -0.0216. The van der Waals surface area contributed by atoms with Gasteiger partial charge >= 0.3 is 5.97 Å². The molecular formula is C15H24N2O6. The lowest BCUT2D eigenvalue weighted by Crippen LogP contribution is -2.56. The minimum absolute atomic E-state index is 0.0216. The van der Waals surface area contributed by atoms with Gasteiger partial charge in [-0.1, -0.05) is 6.58 Å². The fraction of sp³-hybridized carbons (Fsp3) is 0.600. The Morgan fingerprint density at radius 1 is 1.43 bits per heavy atom. The lowest BCUT2D eigenvalue weighted by Gasteiger charge is -2.35. The number of hydrogen-bond acceptors (Lipinski definition) is 6. The third-order valence-corrected chi connectivity index (χ3v) is 3.31. The number of carbonyl (C=O) groups excluding carboxylic acids is 3. The first-order valence-corrected chi connectivity index (χ1v) is 7.14. The van der Waals surface area contributed by atoms with Crippen molar-refractivity contribution in [2.45, 2.75) is 26.8 Å². The molecule has 0 aromatic heterocycles. The molecule has 0 spiro atoms. The second kappa shape index (κ2) is 9.73. The van der Waals surface area contributed by atoms with Gasteiger partial charge in [-0.2, -0.15) is 0 Å². The fourth-order valence-electron chi connectivity index (χ4n) is 1.94. The Morgan fingerprint density at radius 2 is 2.00 bits per heavy atom. The molecule has 8 nitrogen and oxygen atoms in total. The van der Waals surface area contributed by atoms with E-state index in [1.165, 1.54) is 0 Å². The van der Waals surface area contributed by atoms with E-state index >= 15 is 0 Å². The summed E-state index contributed by atoms with van der Waals surface area (Å²) in [5.41, 5.74) is -1.04. The van der Waals surface area contributed by atoms with Gasteiger partial charge in [-0.25, -0.2) is 4.79 Å². The van der Waals surface area contributed by atoms with Gasteiger partial charge in [0.15, 0.2) is 0 Å². The normalized spacial score (nSPS) is 17.3. The summed E-state index contributed by atoms with van der Waals surface area (Å²) in [4.78, 5) is 45.5. The van der Waals surface area contributed by atoms with E-state index in [0.717, 1.165) is 6.08 Å². The van der Waals surface area contributed by atoms with Gasteiger partial charge in [0, 0.05) is 31.8 Å². The maximum absolute atomic E-state index is 12.3. The maximum atomic E-state index is 12.3. The standard InChI is InChI=1S/C14H22N2O4.CH2O2/c1-5-11(17)20-9-14(3,4)12(18)13(19)16-7-6-15-8-10(16)2;2-1-3/h5,10,15H,1,6-9H2,2-4H3;1H,(H,2,3). The molecule has 0 radical (unpaired) electrons. The van der Waals surface area contributed by atoms with Crippen molar-refractivity contribution in [3.8, 4) is 0 Å². The summed E-state index contributed by atoms with van der Waals surface area (Å²) < 4.78 is 4.88. The molecule has 130 valence electrons. The van der Waals surface area contributed by atoms with Crippen LogP contribution in [-0.4, -0.2) is 66.4 Å². The van der Waals surface area contributed by atoms with Crippen LogP contribution in [0.1, 0.15) is 20.8 Å². The number of piperazine rings is 1. The number of rotatable bonds is 5. The molecule has 0 aromatic rings. The number of Topliss-reactive ketones (excluding diaryl/α,β-unsaturated/α-hetero) is 1. The van der Waals surface area contributed by atoms with Crippen LogP contribution in [0.3, 0.4) is 0 Å². The predicted molar refractivity (Wildman–Crippen MR) is 82.7 cm³/mol. The molecule has 23 heavy (non-hydrogen) atoms. The molecular weight excluding hydrogens is 304 g/mol. The summed E-state index contributed by atoms with van der Waals surface area (Å²) in [5, 5.41) is 10.0. The van der Waals surface area contributed by atoms with Crippen molar-refractivity contribution in [1.29, 1.82) is 0 Å². The van der Waals surface area contributed by atoms with Crippen molar-refractivity contribution in [2.75, 3.05) is 26.2 Å². The zero-order valence-electron chi connectivity index (χ0n) is 13.7. The summed E-state index contributed by atoms with van der Waals surface area (Å²) >= 11 is 0. The van der Waals surface area contributed by atoms with E-state index in [2.05, 4.69) is 11.9 Å². The number of carboxylic acid groups (broad SMARTS) is 1. The summed E-state index contributed by atoms with van der Waals surface area (Å²) in [6.45, 7) is 9.83. The second-order valence-electron chi connectivity index (χ2n) is 5.68. The Balaban J connectivity index is 0.00000149. The minimum Gasteiger partial charge on any atom is -0.483 e. The topological polar surface area (TPSA) is 113 Å². The molecule has 0 bridgehead atoms. The average molecular weight is 328 g/mol. The Kier molecular flexibility index (Phi) is 8.79. The number of esters is 1. The fourth-order valence-corrected chi connectivity index (χ4v) is 1.94. The monoisotopic (exact) mass is 328 g/mol. The van der Waals surface area contributed by atoms with E-state index in [1.54, 1.807) is 18.7 Å². The molecule has 1 amide bonds. The molecule has 8 heteroatoms.